The maximum atomic E-state index is 12.8. The predicted molar refractivity (Wildman–Crippen MR) is 58.0 cm³/mol. The van der Waals surface area contributed by atoms with Crippen molar-refractivity contribution in [2.24, 2.45) is 0 Å². The van der Waals surface area contributed by atoms with Crippen LogP contribution >= 0.6 is 0 Å². The summed E-state index contributed by atoms with van der Waals surface area (Å²) in [6.45, 7) is 0. The highest BCUT2D eigenvalue weighted by molar-refractivity contribution is 6.04. The fraction of sp³-hybridized carbons (Fsp3) is 0.167. The lowest BCUT2D eigenvalue weighted by Crippen LogP contribution is -2.03. The number of rotatable bonds is 2. The van der Waals surface area contributed by atoms with Gasteiger partial charge < -0.3 is 4.74 Å². The summed E-state index contributed by atoms with van der Waals surface area (Å²) in [6.07, 6.45) is -1.21. The number of ether oxygens (including phenoxy) is 1. The average Bonchev–Trinajstić information content (AvgIpc) is 2.36. The Hall–Kier alpha value is -2.04. The third kappa shape index (κ3) is 1.95. The molecule has 0 amide bonds. The van der Waals surface area contributed by atoms with Gasteiger partial charge in [0.2, 0.25) is 0 Å². The van der Waals surface area contributed by atoms with Crippen molar-refractivity contribution in [3.63, 3.8) is 0 Å². The van der Waals surface area contributed by atoms with Crippen molar-refractivity contribution in [3.05, 3.63) is 41.6 Å². The molecular weight excluding hydrogens is 228 g/mol. The molecule has 0 aliphatic heterocycles. The van der Waals surface area contributed by atoms with Crippen LogP contribution in [0.1, 0.15) is 22.3 Å². The minimum absolute atomic E-state index is 0.130. The van der Waals surface area contributed by atoms with Crippen molar-refractivity contribution in [1.29, 1.82) is 0 Å². The number of aromatic nitrogens is 1. The Morgan fingerprint density at radius 3 is 2.76 bits per heavy atom. The molecular formula is C12H9F2NO2. The van der Waals surface area contributed by atoms with E-state index in [1.807, 2.05) is 0 Å². The van der Waals surface area contributed by atoms with Gasteiger partial charge in [-0.15, -0.1) is 0 Å². The zero-order valence-corrected chi connectivity index (χ0v) is 8.98. The quantitative estimate of drug-likeness (QED) is 0.754. The lowest BCUT2D eigenvalue weighted by atomic mass is 10.0. The molecule has 0 radical (unpaired) electrons. The van der Waals surface area contributed by atoms with Crippen LogP contribution in [0.5, 0.6) is 0 Å². The molecule has 5 heteroatoms. The monoisotopic (exact) mass is 237 g/mol. The zero-order chi connectivity index (χ0) is 12.4. The van der Waals surface area contributed by atoms with E-state index in [0.29, 0.717) is 5.39 Å². The molecule has 0 aliphatic carbocycles. The molecule has 0 saturated carbocycles. The maximum absolute atomic E-state index is 12.8. The molecule has 2 aromatic rings. The lowest BCUT2D eigenvalue weighted by molar-refractivity contribution is 0.0602. The second kappa shape index (κ2) is 4.45. The number of pyridine rings is 1. The van der Waals surface area contributed by atoms with Crippen LogP contribution in [0.15, 0.2) is 30.5 Å². The van der Waals surface area contributed by atoms with Gasteiger partial charge in [-0.3, -0.25) is 4.98 Å². The molecule has 0 atom stereocenters. The Balaban J connectivity index is 2.75. The first kappa shape index (κ1) is 11.4. The van der Waals surface area contributed by atoms with Crippen molar-refractivity contribution < 1.29 is 18.3 Å². The largest absolute Gasteiger partial charge is 0.465 e. The maximum Gasteiger partial charge on any atom is 0.338 e. The van der Waals surface area contributed by atoms with Gasteiger partial charge in [0.1, 0.15) is 0 Å². The fourth-order valence-corrected chi connectivity index (χ4v) is 1.66. The van der Waals surface area contributed by atoms with E-state index in [2.05, 4.69) is 9.72 Å². The van der Waals surface area contributed by atoms with Gasteiger partial charge in [0.05, 0.1) is 18.2 Å². The van der Waals surface area contributed by atoms with E-state index in [1.165, 1.54) is 25.4 Å². The fourth-order valence-electron chi connectivity index (χ4n) is 1.66. The van der Waals surface area contributed by atoms with E-state index >= 15 is 0 Å². The van der Waals surface area contributed by atoms with Gasteiger partial charge in [-0.05, 0) is 12.1 Å². The summed E-state index contributed by atoms with van der Waals surface area (Å²) in [5.41, 5.74) is 0.179. The molecule has 0 unspecified atom stereocenters. The van der Waals surface area contributed by atoms with E-state index < -0.39 is 12.4 Å². The summed E-state index contributed by atoms with van der Waals surface area (Å²) in [5, 5.41) is 0.372. The number of hydrogen-bond donors (Lipinski definition) is 0. The number of benzene rings is 1. The van der Waals surface area contributed by atoms with E-state index in [1.54, 1.807) is 12.1 Å². The molecule has 0 aliphatic rings. The summed E-state index contributed by atoms with van der Waals surface area (Å²) in [7, 11) is 1.24. The van der Waals surface area contributed by atoms with Crippen molar-refractivity contribution >= 4 is 16.9 Å². The number of hydrogen-bond acceptors (Lipinski definition) is 3. The minimum atomic E-state index is -2.63. The zero-order valence-electron chi connectivity index (χ0n) is 8.98. The Bertz CT molecular complexity index is 569. The first-order valence-corrected chi connectivity index (χ1v) is 4.89. The van der Waals surface area contributed by atoms with Crippen molar-refractivity contribution in [2.45, 2.75) is 6.43 Å². The van der Waals surface area contributed by atoms with E-state index in [-0.39, 0.29) is 16.6 Å². The van der Waals surface area contributed by atoms with Gasteiger partial charge >= 0.3 is 5.97 Å². The van der Waals surface area contributed by atoms with E-state index in [4.69, 9.17) is 0 Å². The summed E-state index contributed by atoms with van der Waals surface area (Å²) < 4.78 is 30.1. The van der Waals surface area contributed by atoms with Gasteiger partial charge in [-0.25, -0.2) is 13.6 Å². The van der Waals surface area contributed by atoms with Crippen LogP contribution in [0, 0.1) is 0 Å². The number of alkyl halides is 2. The molecule has 88 valence electrons. The molecule has 17 heavy (non-hydrogen) atoms. The number of methoxy groups -OCH3 is 1. The Kier molecular flexibility index (Phi) is 2.99. The van der Waals surface area contributed by atoms with Crippen molar-refractivity contribution in [3.8, 4) is 0 Å². The van der Waals surface area contributed by atoms with Gasteiger partial charge in [-0.2, -0.15) is 0 Å². The highest BCUT2D eigenvalue weighted by Gasteiger charge is 2.17. The van der Waals surface area contributed by atoms with Crippen molar-refractivity contribution in [1.82, 2.24) is 4.98 Å². The molecule has 0 saturated heterocycles. The van der Waals surface area contributed by atoms with Crippen LogP contribution in [0.3, 0.4) is 0 Å². The number of fused-ring (bicyclic) bond motifs is 1. The predicted octanol–water partition coefficient (Wildman–Crippen LogP) is 2.96. The van der Waals surface area contributed by atoms with Crippen molar-refractivity contribution in [2.75, 3.05) is 7.11 Å². The smallest absolute Gasteiger partial charge is 0.338 e. The van der Waals surface area contributed by atoms with Gasteiger partial charge in [-0.1, -0.05) is 12.1 Å². The lowest BCUT2D eigenvalue weighted by Gasteiger charge is -2.08. The molecule has 1 aromatic heterocycles. The minimum Gasteiger partial charge on any atom is -0.465 e. The number of nitrogens with zero attached hydrogens (tertiary/aromatic N) is 1. The number of carbonyl (C=O) groups is 1. The normalized spacial score (nSPS) is 10.8. The van der Waals surface area contributed by atoms with Gasteiger partial charge in [0, 0.05) is 17.1 Å². The molecule has 3 nitrogen and oxygen atoms in total. The first-order valence-electron chi connectivity index (χ1n) is 4.89. The topological polar surface area (TPSA) is 39.2 Å². The molecule has 0 spiro atoms. The molecule has 0 N–H and O–H groups in total. The highest BCUT2D eigenvalue weighted by Crippen LogP contribution is 2.28. The van der Waals surface area contributed by atoms with E-state index in [9.17, 15) is 13.6 Å². The SMILES string of the molecule is COC(=O)c1ccc(C(F)F)c2ncccc12. The van der Waals surface area contributed by atoms with Crippen LogP contribution in [-0.4, -0.2) is 18.1 Å². The highest BCUT2D eigenvalue weighted by atomic mass is 19.3. The number of esters is 1. The number of carbonyl (C=O) groups excluding carboxylic acids is 1. The van der Waals surface area contributed by atoms with Gasteiger partial charge in [0.15, 0.2) is 0 Å². The third-order valence-electron chi connectivity index (χ3n) is 2.44. The molecule has 0 fully saturated rings. The standard InChI is InChI=1S/C12H9F2NO2/c1-17-12(16)8-4-5-9(11(13)14)10-7(8)3-2-6-15-10/h2-6,11H,1H3. The molecule has 2 rings (SSSR count). The van der Waals surface area contributed by atoms with Crippen LogP contribution in [-0.2, 0) is 4.74 Å². The van der Waals surface area contributed by atoms with Crippen LogP contribution < -0.4 is 0 Å². The summed E-state index contributed by atoms with van der Waals surface area (Å²) in [4.78, 5) is 15.4. The third-order valence-corrected chi connectivity index (χ3v) is 2.44. The Labute approximate surface area is 96.0 Å². The average molecular weight is 237 g/mol. The summed E-state index contributed by atoms with van der Waals surface area (Å²) in [5.74, 6) is -0.566. The summed E-state index contributed by atoms with van der Waals surface area (Å²) >= 11 is 0. The van der Waals surface area contributed by atoms with Gasteiger partial charge in [0.25, 0.3) is 6.43 Å². The summed E-state index contributed by atoms with van der Waals surface area (Å²) in [6, 6.07) is 5.69. The molecule has 1 aromatic carbocycles. The van der Waals surface area contributed by atoms with Crippen LogP contribution in [0.25, 0.3) is 10.9 Å². The van der Waals surface area contributed by atoms with Crippen LogP contribution in [0.4, 0.5) is 8.78 Å². The second-order valence-electron chi connectivity index (χ2n) is 3.39. The Morgan fingerprint density at radius 1 is 1.35 bits per heavy atom. The Morgan fingerprint density at radius 2 is 2.12 bits per heavy atom. The molecule has 1 heterocycles. The molecule has 0 bridgehead atoms. The van der Waals surface area contributed by atoms with E-state index in [0.717, 1.165) is 0 Å². The number of halogens is 2. The first-order chi connectivity index (χ1) is 8.15. The second-order valence-corrected chi connectivity index (χ2v) is 3.39. The van der Waals surface area contributed by atoms with Crippen LogP contribution in [0.2, 0.25) is 0 Å².